The van der Waals surface area contributed by atoms with Gasteiger partial charge in [0.15, 0.2) is 5.96 Å². The zero-order valence-electron chi connectivity index (χ0n) is 12.7. The Bertz CT molecular complexity index is 564. The maximum atomic E-state index is 6.01. The Hall–Kier alpha value is -2.30. The standard InChI is InChI=1S/C16H23N5/c1-3-13-6-5-7-14(4-2)15(13)20-16(17)19-9-11-21-10-8-18-12-21/h5-8,10,12H,3-4,9,11H2,1-2H3,(H3,17,19,20). The van der Waals surface area contributed by atoms with Gasteiger partial charge in [-0.05, 0) is 24.0 Å². The summed E-state index contributed by atoms with van der Waals surface area (Å²) in [6.45, 7) is 5.70. The molecule has 0 bridgehead atoms. The monoisotopic (exact) mass is 285 g/mol. The summed E-state index contributed by atoms with van der Waals surface area (Å²) in [5, 5.41) is 3.26. The van der Waals surface area contributed by atoms with E-state index in [0.717, 1.165) is 25.1 Å². The number of guanidine groups is 1. The van der Waals surface area contributed by atoms with Gasteiger partial charge in [-0.3, -0.25) is 4.99 Å². The van der Waals surface area contributed by atoms with Crippen LogP contribution in [0.25, 0.3) is 0 Å². The number of aromatic nitrogens is 2. The van der Waals surface area contributed by atoms with Gasteiger partial charge in [0, 0.05) is 24.6 Å². The molecule has 2 aromatic rings. The van der Waals surface area contributed by atoms with E-state index in [9.17, 15) is 0 Å². The number of benzene rings is 1. The van der Waals surface area contributed by atoms with Crippen LogP contribution in [0.5, 0.6) is 0 Å². The number of hydrogen-bond acceptors (Lipinski definition) is 2. The number of rotatable bonds is 6. The largest absolute Gasteiger partial charge is 0.370 e. The molecule has 0 fully saturated rings. The third kappa shape index (κ3) is 4.08. The second-order valence-corrected chi connectivity index (χ2v) is 4.85. The maximum absolute atomic E-state index is 6.01. The fourth-order valence-electron chi connectivity index (χ4n) is 2.28. The Balaban J connectivity index is 2.03. The Morgan fingerprint density at radius 2 is 2.00 bits per heavy atom. The summed E-state index contributed by atoms with van der Waals surface area (Å²) >= 11 is 0. The number of para-hydroxylation sites is 1. The lowest BCUT2D eigenvalue weighted by Gasteiger charge is -2.14. The molecule has 0 spiro atoms. The van der Waals surface area contributed by atoms with Crippen molar-refractivity contribution in [2.45, 2.75) is 33.2 Å². The zero-order valence-corrected chi connectivity index (χ0v) is 12.7. The molecule has 112 valence electrons. The van der Waals surface area contributed by atoms with Crippen molar-refractivity contribution in [1.29, 1.82) is 0 Å². The van der Waals surface area contributed by atoms with Crippen molar-refractivity contribution in [2.75, 3.05) is 11.9 Å². The van der Waals surface area contributed by atoms with E-state index in [1.165, 1.54) is 11.1 Å². The molecule has 1 aromatic heterocycles. The van der Waals surface area contributed by atoms with E-state index in [0.29, 0.717) is 12.5 Å². The van der Waals surface area contributed by atoms with Crippen LogP contribution >= 0.6 is 0 Å². The van der Waals surface area contributed by atoms with Gasteiger partial charge in [0.1, 0.15) is 0 Å². The first-order chi connectivity index (χ1) is 10.2. The first kappa shape index (κ1) is 15.1. The van der Waals surface area contributed by atoms with Gasteiger partial charge in [-0.25, -0.2) is 4.98 Å². The lowest BCUT2D eigenvalue weighted by molar-refractivity contribution is 0.708. The number of nitrogens with zero attached hydrogens (tertiary/aromatic N) is 3. The molecule has 1 aromatic carbocycles. The van der Waals surface area contributed by atoms with E-state index in [2.05, 4.69) is 47.3 Å². The first-order valence-corrected chi connectivity index (χ1v) is 7.38. The average molecular weight is 285 g/mol. The van der Waals surface area contributed by atoms with Gasteiger partial charge >= 0.3 is 0 Å². The van der Waals surface area contributed by atoms with Crippen molar-refractivity contribution in [3.63, 3.8) is 0 Å². The highest BCUT2D eigenvalue weighted by Crippen LogP contribution is 2.22. The van der Waals surface area contributed by atoms with Crippen LogP contribution in [0.15, 0.2) is 41.9 Å². The Labute approximate surface area is 125 Å². The lowest BCUT2D eigenvalue weighted by Crippen LogP contribution is -2.24. The molecule has 0 aliphatic heterocycles. The molecule has 21 heavy (non-hydrogen) atoms. The van der Waals surface area contributed by atoms with Gasteiger partial charge < -0.3 is 15.6 Å². The van der Waals surface area contributed by atoms with Crippen LogP contribution in [0.4, 0.5) is 5.69 Å². The van der Waals surface area contributed by atoms with Crippen molar-refractivity contribution in [3.05, 3.63) is 48.0 Å². The van der Waals surface area contributed by atoms with E-state index >= 15 is 0 Å². The predicted molar refractivity (Wildman–Crippen MR) is 87.5 cm³/mol. The molecule has 5 heteroatoms. The smallest absolute Gasteiger partial charge is 0.193 e. The van der Waals surface area contributed by atoms with Crippen molar-refractivity contribution >= 4 is 11.6 Å². The minimum atomic E-state index is 0.464. The van der Waals surface area contributed by atoms with Gasteiger partial charge in [-0.1, -0.05) is 32.0 Å². The zero-order chi connectivity index (χ0) is 15.1. The molecule has 2 rings (SSSR count). The molecule has 0 amide bonds. The molecule has 5 nitrogen and oxygen atoms in total. The number of imidazole rings is 1. The Kier molecular flexibility index (Phi) is 5.37. The average Bonchev–Trinajstić information content (AvgIpc) is 3.00. The molecule has 0 atom stereocenters. The third-order valence-electron chi connectivity index (χ3n) is 3.45. The predicted octanol–water partition coefficient (Wildman–Crippen LogP) is 2.43. The topological polar surface area (TPSA) is 68.2 Å². The van der Waals surface area contributed by atoms with Crippen LogP contribution < -0.4 is 11.1 Å². The highest BCUT2D eigenvalue weighted by atomic mass is 15.1. The number of aryl methyl sites for hydroxylation is 2. The van der Waals surface area contributed by atoms with Crippen molar-refractivity contribution < 1.29 is 0 Å². The molecule has 0 aliphatic rings. The minimum Gasteiger partial charge on any atom is -0.370 e. The Morgan fingerprint density at radius 1 is 1.29 bits per heavy atom. The van der Waals surface area contributed by atoms with Crippen LogP contribution in [-0.4, -0.2) is 22.1 Å². The number of hydrogen-bond donors (Lipinski definition) is 2. The van der Waals surface area contributed by atoms with Gasteiger partial charge in [0.05, 0.1) is 12.9 Å². The SMILES string of the molecule is CCc1cccc(CC)c1NC(N)=NCCn1ccnc1. The van der Waals surface area contributed by atoms with Crippen LogP contribution in [0, 0.1) is 0 Å². The van der Waals surface area contributed by atoms with Gasteiger partial charge in [-0.15, -0.1) is 0 Å². The minimum absolute atomic E-state index is 0.464. The third-order valence-corrected chi connectivity index (χ3v) is 3.45. The molecule has 3 N–H and O–H groups in total. The first-order valence-electron chi connectivity index (χ1n) is 7.38. The van der Waals surface area contributed by atoms with Crippen molar-refractivity contribution in [3.8, 4) is 0 Å². The number of nitrogens with one attached hydrogen (secondary N) is 1. The summed E-state index contributed by atoms with van der Waals surface area (Å²) in [5.74, 6) is 0.464. The summed E-state index contributed by atoms with van der Waals surface area (Å²) in [5.41, 5.74) is 9.64. The van der Waals surface area contributed by atoms with Crippen LogP contribution in [0.1, 0.15) is 25.0 Å². The maximum Gasteiger partial charge on any atom is 0.193 e. The van der Waals surface area contributed by atoms with E-state index in [1.807, 2.05) is 10.8 Å². The van der Waals surface area contributed by atoms with Crippen LogP contribution in [-0.2, 0) is 19.4 Å². The summed E-state index contributed by atoms with van der Waals surface area (Å²) in [7, 11) is 0. The summed E-state index contributed by atoms with van der Waals surface area (Å²) < 4.78 is 1.98. The van der Waals surface area contributed by atoms with Crippen molar-refractivity contribution in [2.24, 2.45) is 10.7 Å². The van der Waals surface area contributed by atoms with Crippen molar-refractivity contribution in [1.82, 2.24) is 9.55 Å². The van der Waals surface area contributed by atoms with Gasteiger partial charge in [0.25, 0.3) is 0 Å². The number of nitrogens with two attached hydrogens (primary N) is 1. The highest BCUT2D eigenvalue weighted by Gasteiger charge is 2.06. The van der Waals surface area contributed by atoms with E-state index in [-0.39, 0.29) is 0 Å². The molecule has 0 saturated heterocycles. The molecular weight excluding hydrogens is 262 g/mol. The van der Waals surface area contributed by atoms with E-state index in [4.69, 9.17) is 5.73 Å². The van der Waals surface area contributed by atoms with E-state index in [1.54, 1.807) is 12.5 Å². The quantitative estimate of drug-likeness (QED) is 0.632. The second kappa shape index (κ2) is 7.47. The molecule has 0 aliphatic carbocycles. The molecule has 0 unspecified atom stereocenters. The summed E-state index contributed by atoms with van der Waals surface area (Å²) in [6, 6.07) is 6.34. The molecule has 0 saturated carbocycles. The Morgan fingerprint density at radius 3 is 2.57 bits per heavy atom. The molecular formula is C16H23N5. The van der Waals surface area contributed by atoms with Gasteiger partial charge in [-0.2, -0.15) is 0 Å². The highest BCUT2D eigenvalue weighted by molar-refractivity contribution is 5.93. The second-order valence-electron chi connectivity index (χ2n) is 4.85. The van der Waals surface area contributed by atoms with Crippen LogP contribution in [0.2, 0.25) is 0 Å². The normalized spacial score (nSPS) is 11.6. The lowest BCUT2D eigenvalue weighted by atomic mass is 10.0. The number of anilines is 1. The molecule has 0 radical (unpaired) electrons. The number of aliphatic imine (C=N–C) groups is 1. The summed E-state index contributed by atoms with van der Waals surface area (Å²) in [6.07, 6.45) is 7.40. The van der Waals surface area contributed by atoms with E-state index < -0.39 is 0 Å². The van der Waals surface area contributed by atoms with Crippen LogP contribution in [0.3, 0.4) is 0 Å². The fraction of sp³-hybridized carbons (Fsp3) is 0.375. The van der Waals surface area contributed by atoms with Gasteiger partial charge in [0.2, 0.25) is 0 Å². The summed E-state index contributed by atoms with van der Waals surface area (Å²) in [4.78, 5) is 8.38. The molecule has 1 heterocycles. The fourth-order valence-corrected chi connectivity index (χ4v) is 2.28.